The standard InChI is InChI=1S/C15H27NO4S/c1-8-21(18,19)16-10(2)11-9-12(15(11,6)7)13(17)20-14(3,4)5/h8,10-12,16H,1,9H2,2-7H3/t10?,11-,12+/m0/s1. The number of carbonyl (C=O) groups excluding carboxylic acids is 1. The van der Waals surface area contributed by atoms with Crippen LogP contribution in [0, 0.1) is 17.3 Å². The molecule has 21 heavy (non-hydrogen) atoms. The largest absolute Gasteiger partial charge is 0.460 e. The van der Waals surface area contributed by atoms with E-state index in [0.29, 0.717) is 6.42 Å². The zero-order valence-electron chi connectivity index (χ0n) is 13.8. The highest BCUT2D eigenvalue weighted by molar-refractivity contribution is 7.92. The van der Waals surface area contributed by atoms with Gasteiger partial charge < -0.3 is 4.74 Å². The van der Waals surface area contributed by atoms with E-state index in [9.17, 15) is 13.2 Å². The molecule has 5 nitrogen and oxygen atoms in total. The molecule has 0 aliphatic heterocycles. The molecule has 0 radical (unpaired) electrons. The summed E-state index contributed by atoms with van der Waals surface area (Å²) in [5, 5.41) is 0.903. The normalized spacial score (nSPS) is 26.6. The number of rotatable bonds is 5. The predicted octanol–water partition coefficient (Wildman–Crippen LogP) is 2.44. The van der Waals surface area contributed by atoms with Gasteiger partial charge in [0.15, 0.2) is 0 Å². The van der Waals surface area contributed by atoms with E-state index < -0.39 is 15.6 Å². The molecule has 1 aliphatic rings. The van der Waals surface area contributed by atoms with Crippen LogP contribution in [0.3, 0.4) is 0 Å². The Hall–Kier alpha value is -0.880. The lowest BCUT2D eigenvalue weighted by atomic mass is 9.53. The van der Waals surface area contributed by atoms with Crippen molar-refractivity contribution < 1.29 is 17.9 Å². The van der Waals surface area contributed by atoms with Crippen molar-refractivity contribution in [1.82, 2.24) is 4.72 Å². The Morgan fingerprint density at radius 1 is 1.43 bits per heavy atom. The molecule has 1 aliphatic carbocycles. The molecule has 0 spiro atoms. The molecule has 122 valence electrons. The van der Waals surface area contributed by atoms with Crippen molar-refractivity contribution >= 4 is 16.0 Å². The van der Waals surface area contributed by atoms with E-state index in [1.54, 1.807) is 0 Å². The summed E-state index contributed by atoms with van der Waals surface area (Å²) in [6.07, 6.45) is 0.628. The summed E-state index contributed by atoms with van der Waals surface area (Å²) >= 11 is 0. The molecule has 0 amide bonds. The van der Waals surface area contributed by atoms with Gasteiger partial charge in [-0.3, -0.25) is 4.79 Å². The first-order valence-corrected chi connectivity index (χ1v) is 8.72. The fraction of sp³-hybridized carbons (Fsp3) is 0.800. The van der Waals surface area contributed by atoms with Crippen LogP contribution in [0.5, 0.6) is 0 Å². The van der Waals surface area contributed by atoms with Crippen molar-refractivity contribution in [3.63, 3.8) is 0 Å². The predicted molar refractivity (Wildman–Crippen MR) is 82.9 cm³/mol. The van der Waals surface area contributed by atoms with Gasteiger partial charge in [-0.05, 0) is 45.4 Å². The maximum absolute atomic E-state index is 12.2. The maximum atomic E-state index is 12.2. The third-order valence-corrected chi connectivity index (χ3v) is 5.35. The van der Waals surface area contributed by atoms with Gasteiger partial charge in [0.25, 0.3) is 0 Å². The van der Waals surface area contributed by atoms with Gasteiger partial charge in [0.1, 0.15) is 5.60 Å². The minimum absolute atomic E-state index is 0.0877. The highest BCUT2D eigenvalue weighted by Gasteiger charge is 2.55. The van der Waals surface area contributed by atoms with Gasteiger partial charge in [0.2, 0.25) is 10.0 Å². The highest BCUT2D eigenvalue weighted by atomic mass is 32.2. The molecule has 0 heterocycles. The van der Waals surface area contributed by atoms with E-state index in [0.717, 1.165) is 5.41 Å². The second-order valence-corrected chi connectivity index (χ2v) is 9.03. The number of hydrogen-bond acceptors (Lipinski definition) is 4. The second kappa shape index (κ2) is 5.72. The Morgan fingerprint density at radius 3 is 2.33 bits per heavy atom. The van der Waals surface area contributed by atoms with Crippen LogP contribution in [-0.2, 0) is 19.6 Å². The molecule has 0 aromatic heterocycles. The monoisotopic (exact) mass is 317 g/mol. The van der Waals surface area contributed by atoms with Gasteiger partial charge in [-0.1, -0.05) is 20.4 Å². The second-order valence-electron chi connectivity index (χ2n) is 7.37. The van der Waals surface area contributed by atoms with E-state index in [-0.39, 0.29) is 29.3 Å². The molecule has 0 aromatic rings. The number of esters is 1. The summed E-state index contributed by atoms with van der Waals surface area (Å²) in [5.74, 6) is -0.315. The van der Waals surface area contributed by atoms with Gasteiger partial charge in [-0.15, -0.1) is 0 Å². The van der Waals surface area contributed by atoms with Crippen LogP contribution >= 0.6 is 0 Å². The first-order valence-electron chi connectivity index (χ1n) is 7.18. The third-order valence-electron chi connectivity index (χ3n) is 4.21. The molecule has 3 atom stereocenters. The number of hydrogen-bond donors (Lipinski definition) is 1. The average Bonchev–Trinajstić information content (AvgIpc) is 2.24. The Labute approximate surface area is 128 Å². The quantitative estimate of drug-likeness (QED) is 0.791. The molecule has 1 N–H and O–H groups in total. The summed E-state index contributed by atoms with van der Waals surface area (Å²) < 4.78 is 31.1. The molecule has 6 heteroatoms. The van der Waals surface area contributed by atoms with E-state index in [4.69, 9.17) is 4.74 Å². The van der Waals surface area contributed by atoms with Gasteiger partial charge in [-0.2, -0.15) is 0 Å². The minimum atomic E-state index is -3.46. The van der Waals surface area contributed by atoms with E-state index >= 15 is 0 Å². The molecular weight excluding hydrogens is 290 g/mol. The molecule has 1 unspecified atom stereocenters. The zero-order valence-corrected chi connectivity index (χ0v) is 14.6. The van der Waals surface area contributed by atoms with Crippen LogP contribution < -0.4 is 4.72 Å². The molecule has 0 bridgehead atoms. The van der Waals surface area contributed by atoms with Crippen LogP contribution in [0.1, 0.15) is 48.0 Å². The number of sulfonamides is 1. The summed E-state index contributed by atoms with van der Waals surface area (Å²) in [6.45, 7) is 14.6. The van der Waals surface area contributed by atoms with Gasteiger partial charge in [-0.25, -0.2) is 13.1 Å². The molecule has 1 saturated carbocycles. The topological polar surface area (TPSA) is 72.5 Å². The van der Waals surface area contributed by atoms with Crippen molar-refractivity contribution in [3.8, 4) is 0 Å². The fourth-order valence-electron chi connectivity index (χ4n) is 2.97. The zero-order chi connectivity index (χ0) is 16.6. The molecule has 1 fully saturated rings. The van der Waals surface area contributed by atoms with Gasteiger partial charge in [0.05, 0.1) is 5.92 Å². The summed E-state index contributed by atoms with van der Waals surface area (Å²) in [7, 11) is -3.46. The van der Waals surface area contributed by atoms with Crippen molar-refractivity contribution in [2.75, 3.05) is 0 Å². The van der Waals surface area contributed by atoms with Crippen LogP contribution in [0.2, 0.25) is 0 Å². The van der Waals surface area contributed by atoms with Gasteiger partial charge in [0, 0.05) is 11.4 Å². The Balaban J connectivity index is 2.73. The number of ether oxygens (including phenoxy) is 1. The maximum Gasteiger partial charge on any atom is 0.310 e. The highest BCUT2D eigenvalue weighted by Crippen LogP contribution is 2.53. The SMILES string of the molecule is C=CS(=O)(=O)NC(C)[C@@H]1C[C@H](C(=O)OC(C)(C)C)C1(C)C. The lowest BCUT2D eigenvalue weighted by molar-refractivity contribution is -0.178. The molecule has 1 rings (SSSR count). The van der Waals surface area contributed by atoms with Crippen molar-refractivity contribution in [2.45, 2.75) is 59.6 Å². The number of carbonyl (C=O) groups is 1. The van der Waals surface area contributed by atoms with Crippen LogP contribution in [-0.4, -0.2) is 26.0 Å². The van der Waals surface area contributed by atoms with Crippen LogP contribution in [0.25, 0.3) is 0 Å². The summed E-state index contributed by atoms with van der Waals surface area (Å²) in [5.41, 5.74) is -0.806. The molecular formula is C15H27NO4S. The Kier molecular flexibility index (Phi) is 4.95. The first-order chi connectivity index (χ1) is 9.30. The first kappa shape index (κ1) is 18.2. The van der Waals surface area contributed by atoms with Crippen molar-refractivity contribution in [1.29, 1.82) is 0 Å². The third kappa shape index (κ3) is 4.30. The molecule has 0 saturated heterocycles. The van der Waals surface area contributed by atoms with E-state index in [1.165, 1.54) is 0 Å². The molecule has 0 aromatic carbocycles. The number of nitrogens with one attached hydrogen (secondary N) is 1. The van der Waals surface area contributed by atoms with E-state index in [1.807, 2.05) is 41.5 Å². The Bertz CT molecular complexity index is 516. The smallest absolute Gasteiger partial charge is 0.310 e. The average molecular weight is 317 g/mol. The summed E-state index contributed by atoms with van der Waals surface area (Å²) in [4.78, 5) is 12.2. The summed E-state index contributed by atoms with van der Waals surface area (Å²) in [6, 6.07) is -0.248. The van der Waals surface area contributed by atoms with E-state index in [2.05, 4.69) is 11.3 Å². The van der Waals surface area contributed by atoms with Gasteiger partial charge >= 0.3 is 5.97 Å². The van der Waals surface area contributed by atoms with Crippen molar-refractivity contribution in [3.05, 3.63) is 12.0 Å². The van der Waals surface area contributed by atoms with Crippen LogP contribution in [0.4, 0.5) is 0 Å². The lowest BCUT2D eigenvalue weighted by Crippen LogP contribution is -2.57. The van der Waals surface area contributed by atoms with Crippen LogP contribution in [0.15, 0.2) is 12.0 Å². The minimum Gasteiger partial charge on any atom is -0.460 e. The van der Waals surface area contributed by atoms with Crippen molar-refractivity contribution in [2.24, 2.45) is 17.3 Å². The lowest BCUT2D eigenvalue weighted by Gasteiger charge is -2.53. The Morgan fingerprint density at radius 2 is 1.95 bits per heavy atom. The fourth-order valence-corrected chi connectivity index (χ4v) is 3.75.